The van der Waals surface area contributed by atoms with Gasteiger partial charge in [-0.3, -0.25) is 0 Å². The first-order valence-corrected chi connectivity index (χ1v) is 5.43. The van der Waals surface area contributed by atoms with Crippen LogP contribution in [0.1, 0.15) is 11.1 Å². The van der Waals surface area contributed by atoms with Gasteiger partial charge in [-0.25, -0.2) is 0 Å². The molecule has 0 unspecified atom stereocenters. The number of hydrogen-bond donors (Lipinski definition) is 0. The highest BCUT2D eigenvalue weighted by Gasteiger charge is 2.02. The first-order valence-electron chi connectivity index (χ1n) is 4.55. The number of benzene rings is 1. The highest BCUT2D eigenvalue weighted by atomic mass is 32.1. The minimum Gasteiger partial charge on any atom is -0.446 e. The normalized spacial score (nSPS) is 10.1. The Bertz CT molecular complexity index is 418. The molecule has 72 valence electrons. The number of thiophene rings is 1. The molecule has 2 heteroatoms. The van der Waals surface area contributed by atoms with E-state index in [1.54, 1.807) is 11.3 Å². The SMILES string of the molecule is Cc1cccc(Oc2cccs2)c1C. The van der Waals surface area contributed by atoms with Crippen LogP contribution in [0.4, 0.5) is 0 Å². The third-order valence-electron chi connectivity index (χ3n) is 2.26. The van der Waals surface area contributed by atoms with E-state index >= 15 is 0 Å². The monoisotopic (exact) mass is 204 g/mol. The Hall–Kier alpha value is -1.28. The van der Waals surface area contributed by atoms with Crippen molar-refractivity contribution >= 4 is 11.3 Å². The molecule has 2 rings (SSSR count). The molecule has 0 saturated heterocycles. The van der Waals surface area contributed by atoms with Crippen LogP contribution in [0.5, 0.6) is 10.8 Å². The fourth-order valence-electron chi connectivity index (χ4n) is 1.26. The fraction of sp³-hybridized carbons (Fsp3) is 0.167. The highest BCUT2D eigenvalue weighted by molar-refractivity contribution is 7.11. The Balaban J connectivity index is 2.29. The van der Waals surface area contributed by atoms with Crippen LogP contribution in [-0.4, -0.2) is 0 Å². The standard InChI is InChI=1S/C12H12OS/c1-9-5-3-6-11(10(9)2)13-12-7-4-8-14-12/h3-8H,1-2H3. The number of hydrogen-bond acceptors (Lipinski definition) is 2. The van der Waals surface area contributed by atoms with Crippen LogP contribution < -0.4 is 4.74 Å². The summed E-state index contributed by atoms with van der Waals surface area (Å²) < 4.78 is 5.75. The minimum absolute atomic E-state index is 0.943. The van der Waals surface area contributed by atoms with Crippen molar-refractivity contribution in [2.75, 3.05) is 0 Å². The molecule has 1 heterocycles. The topological polar surface area (TPSA) is 9.23 Å². The second-order valence-electron chi connectivity index (χ2n) is 3.23. The molecule has 0 N–H and O–H groups in total. The molecule has 0 aliphatic heterocycles. The highest BCUT2D eigenvalue weighted by Crippen LogP contribution is 2.29. The van der Waals surface area contributed by atoms with Crippen molar-refractivity contribution in [2.24, 2.45) is 0 Å². The van der Waals surface area contributed by atoms with Gasteiger partial charge in [0.15, 0.2) is 5.06 Å². The molecule has 14 heavy (non-hydrogen) atoms. The van der Waals surface area contributed by atoms with Crippen LogP contribution >= 0.6 is 11.3 Å². The van der Waals surface area contributed by atoms with E-state index in [1.807, 2.05) is 29.6 Å². The lowest BCUT2D eigenvalue weighted by atomic mass is 10.1. The zero-order chi connectivity index (χ0) is 9.97. The van der Waals surface area contributed by atoms with Gasteiger partial charge in [-0.05, 0) is 48.6 Å². The van der Waals surface area contributed by atoms with E-state index in [-0.39, 0.29) is 0 Å². The van der Waals surface area contributed by atoms with Crippen LogP contribution in [0.2, 0.25) is 0 Å². The van der Waals surface area contributed by atoms with Gasteiger partial charge in [-0.1, -0.05) is 12.1 Å². The Morgan fingerprint density at radius 2 is 1.93 bits per heavy atom. The summed E-state index contributed by atoms with van der Waals surface area (Å²) in [6.45, 7) is 4.18. The Morgan fingerprint density at radius 3 is 2.64 bits per heavy atom. The minimum atomic E-state index is 0.943. The molecule has 0 fully saturated rings. The molecule has 0 saturated carbocycles. The predicted molar refractivity (Wildman–Crippen MR) is 60.3 cm³/mol. The number of ether oxygens (including phenoxy) is 1. The van der Waals surface area contributed by atoms with Gasteiger partial charge in [0, 0.05) is 0 Å². The van der Waals surface area contributed by atoms with Crippen molar-refractivity contribution in [1.29, 1.82) is 0 Å². The summed E-state index contributed by atoms with van der Waals surface area (Å²) >= 11 is 1.61. The van der Waals surface area contributed by atoms with E-state index in [9.17, 15) is 0 Å². The molecule has 0 atom stereocenters. The third kappa shape index (κ3) is 1.80. The Labute approximate surface area is 88.0 Å². The van der Waals surface area contributed by atoms with Crippen molar-refractivity contribution < 1.29 is 4.74 Å². The molecule has 0 aliphatic carbocycles. The predicted octanol–water partition coefficient (Wildman–Crippen LogP) is 4.16. The van der Waals surface area contributed by atoms with E-state index < -0.39 is 0 Å². The molecule has 0 amide bonds. The molecular weight excluding hydrogens is 192 g/mol. The Morgan fingerprint density at radius 1 is 1.07 bits per heavy atom. The summed E-state index contributed by atoms with van der Waals surface area (Å²) in [4.78, 5) is 0. The summed E-state index contributed by atoms with van der Waals surface area (Å²) in [5.74, 6) is 0.951. The molecule has 1 nitrogen and oxygen atoms in total. The van der Waals surface area contributed by atoms with Gasteiger partial charge in [0.1, 0.15) is 5.75 Å². The maximum Gasteiger partial charge on any atom is 0.180 e. The van der Waals surface area contributed by atoms with Crippen molar-refractivity contribution in [3.63, 3.8) is 0 Å². The average Bonchev–Trinajstić information content (AvgIpc) is 2.66. The zero-order valence-corrected chi connectivity index (χ0v) is 9.10. The quantitative estimate of drug-likeness (QED) is 0.713. The smallest absolute Gasteiger partial charge is 0.180 e. The average molecular weight is 204 g/mol. The third-order valence-corrected chi connectivity index (χ3v) is 3.01. The maximum absolute atomic E-state index is 5.75. The van der Waals surface area contributed by atoms with Gasteiger partial charge in [0.25, 0.3) is 0 Å². The van der Waals surface area contributed by atoms with E-state index in [0.29, 0.717) is 0 Å². The van der Waals surface area contributed by atoms with Crippen LogP contribution in [0.3, 0.4) is 0 Å². The second kappa shape index (κ2) is 3.84. The van der Waals surface area contributed by atoms with Gasteiger partial charge in [0.2, 0.25) is 0 Å². The van der Waals surface area contributed by atoms with Crippen molar-refractivity contribution in [2.45, 2.75) is 13.8 Å². The number of rotatable bonds is 2. The van der Waals surface area contributed by atoms with E-state index in [2.05, 4.69) is 19.9 Å². The molecule has 0 bridgehead atoms. The van der Waals surface area contributed by atoms with Crippen molar-refractivity contribution in [3.05, 3.63) is 46.8 Å². The van der Waals surface area contributed by atoms with E-state index in [0.717, 1.165) is 10.8 Å². The van der Waals surface area contributed by atoms with Crippen LogP contribution in [0.15, 0.2) is 35.7 Å². The molecule has 0 aliphatic rings. The van der Waals surface area contributed by atoms with Crippen LogP contribution in [-0.2, 0) is 0 Å². The lowest BCUT2D eigenvalue weighted by molar-refractivity contribution is 0.492. The molecule has 1 aromatic heterocycles. The van der Waals surface area contributed by atoms with Crippen LogP contribution in [0, 0.1) is 13.8 Å². The van der Waals surface area contributed by atoms with Crippen molar-refractivity contribution in [1.82, 2.24) is 0 Å². The van der Waals surface area contributed by atoms with Gasteiger partial charge in [0.05, 0.1) is 0 Å². The van der Waals surface area contributed by atoms with Gasteiger partial charge >= 0.3 is 0 Å². The molecular formula is C12H12OS. The zero-order valence-electron chi connectivity index (χ0n) is 8.28. The lowest BCUT2D eigenvalue weighted by Gasteiger charge is -2.08. The largest absolute Gasteiger partial charge is 0.446 e. The lowest BCUT2D eigenvalue weighted by Crippen LogP contribution is -1.87. The number of aryl methyl sites for hydroxylation is 1. The molecule has 1 aromatic carbocycles. The fourth-order valence-corrected chi connectivity index (χ4v) is 1.85. The summed E-state index contributed by atoms with van der Waals surface area (Å²) in [7, 11) is 0. The van der Waals surface area contributed by atoms with E-state index in [4.69, 9.17) is 4.74 Å². The summed E-state index contributed by atoms with van der Waals surface area (Å²) in [6.07, 6.45) is 0. The van der Waals surface area contributed by atoms with Gasteiger partial charge in [-0.2, -0.15) is 0 Å². The first kappa shape index (κ1) is 9.28. The van der Waals surface area contributed by atoms with Crippen LogP contribution in [0.25, 0.3) is 0 Å². The molecule has 0 radical (unpaired) electrons. The van der Waals surface area contributed by atoms with Gasteiger partial charge < -0.3 is 4.74 Å². The van der Waals surface area contributed by atoms with Crippen molar-refractivity contribution in [3.8, 4) is 10.8 Å². The maximum atomic E-state index is 5.75. The second-order valence-corrected chi connectivity index (χ2v) is 4.14. The van der Waals surface area contributed by atoms with E-state index in [1.165, 1.54) is 11.1 Å². The summed E-state index contributed by atoms with van der Waals surface area (Å²) in [6, 6.07) is 10.1. The molecule has 2 aromatic rings. The Kier molecular flexibility index (Phi) is 2.55. The molecule has 0 spiro atoms. The first-order chi connectivity index (χ1) is 6.77. The van der Waals surface area contributed by atoms with Gasteiger partial charge in [-0.15, -0.1) is 11.3 Å². The summed E-state index contributed by atoms with van der Waals surface area (Å²) in [5.41, 5.74) is 2.47. The summed E-state index contributed by atoms with van der Waals surface area (Å²) in [5, 5.41) is 2.96.